The normalized spacial score (nSPS) is 14.5. The molecule has 2 aromatic rings. The minimum atomic E-state index is 1.03. The van der Waals surface area contributed by atoms with Crippen molar-refractivity contribution >= 4 is 11.4 Å². The van der Waals surface area contributed by atoms with E-state index in [1.165, 1.54) is 109 Å². The fraction of sp³-hybridized carbons (Fsp3) is 0.585. The maximum atomic E-state index is 9.83. The maximum Gasteiger partial charge on any atom is 0.215 e. The van der Waals surface area contributed by atoms with Crippen molar-refractivity contribution in [2.75, 3.05) is 0 Å². The summed E-state index contributed by atoms with van der Waals surface area (Å²) < 4.78 is 1.86. The molecule has 2 aromatic carbocycles. The summed E-state index contributed by atoms with van der Waals surface area (Å²) in [7, 11) is 0. The van der Waals surface area contributed by atoms with Crippen molar-refractivity contribution in [3.05, 3.63) is 92.8 Å². The van der Waals surface area contributed by atoms with Crippen LogP contribution in [-0.4, -0.2) is 10.4 Å². The predicted molar refractivity (Wildman–Crippen MR) is 190 cm³/mol. The van der Waals surface area contributed by atoms with E-state index >= 15 is 0 Å². The fourth-order valence-electron chi connectivity index (χ4n) is 6.40. The van der Waals surface area contributed by atoms with Gasteiger partial charge in [-0.1, -0.05) is 105 Å². The first kappa shape index (κ1) is 34.9. The number of allylic oxidation sites excluding steroid dienone is 3. The molecule has 3 rings (SSSR count). The van der Waals surface area contributed by atoms with Crippen molar-refractivity contribution in [1.82, 2.24) is 0 Å². The second-order valence-electron chi connectivity index (χ2n) is 12.9. The third-order valence-corrected chi connectivity index (χ3v) is 8.93. The first-order valence-corrected chi connectivity index (χ1v) is 18.1. The van der Waals surface area contributed by atoms with E-state index in [0.717, 1.165) is 62.8 Å². The molecule has 0 bridgehead atoms. The highest BCUT2D eigenvalue weighted by molar-refractivity contribution is 6.16. The highest BCUT2D eigenvalue weighted by atomic mass is 15.3. The molecule has 2 nitrogen and oxygen atoms in total. The van der Waals surface area contributed by atoms with E-state index in [1.54, 1.807) is 0 Å². The number of rotatable bonds is 20. The first-order chi connectivity index (χ1) is 21.0. The molecule has 43 heavy (non-hydrogen) atoms. The van der Waals surface area contributed by atoms with Crippen molar-refractivity contribution in [3.8, 4) is 0 Å². The SMILES string of the molecule is CCCCC=C1C(CCCC)=C(c2cc(CCCC)cc(CCCC)c2)[N+]([NH-])=C1c1cc(CCCC)cc(CCCC)c1. The van der Waals surface area contributed by atoms with Gasteiger partial charge in [-0.3, -0.25) is 0 Å². The molecule has 0 fully saturated rings. The topological polar surface area (TPSA) is 26.8 Å². The number of aryl methyl sites for hydroxylation is 4. The standard InChI is InChI=1S/C41H62N2/c1-7-13-19-25-39-38(24-18-12-6)40(36-28-32(20-14-8-2)26-33(29-36)21-15-9-3)43(42)41(39)37-30-34(22-16-10-4)27-35(31-37)23-17-11-5/h25-31,42H,7-24H2,1-6H3. The summed E-state index contributed by atoms with van der Waals surface area (Å²) in [5.74, 6) is 9.83. The molecular formula is C41H62N2. The number of benzene rings is 2. The largest absolute Gasteiger partial charge is 0.448 e. The number of unbranched alkanes of at least 4 members (excludes halogenated alkanes) is 7. The lowest BCUT2D eigenvalue weighted by atomic mass is 9.89. The molecule has 0 radical (unpaired) electrons. The molecule has 2 heteroatoms. The van der Waals surface area contributed by atoms with E-state index in [1.807, 2.05) is 4.68 Å². The zero-order chi connectivity index (χ0) is 31.0. The summed E-state index contributed by atoms with van der Waals surface area (Å²) >= 11 is 0. The molecule has 0 atom stereocenters. The van der Waals surface area contributed by atoms with Gasteiger partial charge in [0.2, 0.25) is 11.4 Å². The maximum absolute atomic E-state index is 9.83. The monoisotopic (exact) mass is 582 g/mol. The van der Waals surface area contributed by atoms with Crippen LogP contribution in [-0.2, 0) is 25.7 Å². The van der Waals surface area contributed by atoms with Gasteiger partial charge in [0.15, 0.2) is 0 Å². The van der Waals surface area contributed by atoms with Crippen molar-refractivity contribution < 1.29 is 4.68 Å². The number of hydrogen-bond donors (Lipinski definition) is 0. The Labute approximate surface area is 265 Å². The van der Waals surface area contributed by atoms with Gasteiger partial charge in [-0.05, 0) is 117 Å². The summed E-state index contributed by atoms with van der Waals surface area (Å²) in [6.45, 7) is 13.7. The van der Waals surface area contributed by atoms with Crippen molar-refractivity contribution in [2.45, 2.75) is 157 Å². The van der Waals surface area contributed by atoms with Crippen molar-refractivity contribution in [3.63, 3.8) is 0 Å². The molecule has 0 aliphatic carbocycles. The Balaban J connectivity index is 2.28. The zero-order valence-electron chi connectivity index (χ0n) is 28.7. The van der Waals surface area contributed by atoms with Gasteiger partial charge in [-0.2, -0.15) is 0 Å². The minimum absolute atomic E-state index is 1.03. The van der Waals surface area contributed by atoms with Crippen LogP contribution in [0, 0.1) is 0 Å². The van der Waals surface area contributed by atoms with Crippen LogP contribution < -0.4 is 0 Å². The van der Waals surface area contributed by atoms with Crippen LogP contribution in [0.1, 0.15) is 165 Å². The Morgan fingerprint density at radius 3 is 1.33 bits per heavy atom. The highest BCUT2D eigenvalue weighted by Crippen LogP contribution is 2.39. The van der Waals surface area contributed by atoms with E-state index in [2.05, 4.69) is 84.0 Å². The summed E-state index contributed by atoms with van der Waals surface area (Å²) in [5.41, 5.74) is 13.2. The minimum Gasteiger partial charge on any atom is -0.448 e. The lowest BCUT2D eigenvalue weighted by molar-refractivity contribution is -0.347. The van der Waals surface area contributed by atoms with Gasteiger partial charge in [0.1, 0.15) is 0 Å². The Hall–Kier alpha value is -2.61. The van der Waals surface area contributed by atoms with Crippen LogP contribution in [0.3, 0.4) is 0 Å². The molecule has 0 aromatic heterocycles. The molecule has 0 unspecified atom stereocenters. The third-order valence-electron chi connectivity index (χ3n) is 8.93. The third kappa shape index (κ3) is 9.95. The average molecular weight is 583 g/mol. The smallest absolute Gasteiger partial charge is 0.215 e. The van der Waals surface area contributed by atoms with Gasteiger partial charge < -0.3 is 5.84 Å². The molecule has 0 amide bonds. The van der Waals surface area contributed by atoms with E-state index in [-0.39, 0.29) is 0 Å². The summed E-state index contributed by atoms with van der Waals surface area (Å²) in [5, 5.41) is 0. The van der Waals surface area contributed by atoms with Gasteiger partial charge in [0, 0.05) is 16.7 Å². The van der Waals surface area contributed by atoms with E-state index < -0.39 is 0 Å². The molecular weight excluding hydrogens is 520 g/mol. The van der Waals surface area contributed by atoms with E-state index in [4.69, 9.17) is 0 Å². The second kappa shape index (κ2) is 18.9. The molecule has 1 aliphatic rings. The number of nitrogens with one attached hydrogen (secondary N) is 1. The van der Waals surface area contributed by atoms with Gasteiger partial charge in [0.25, 0.3) is 0 Å². The molecule has 1 heterocycles. The Morgan fingerprint density at radius 2 is 0.907 bits per heavy atom. The van der Waals surface area contributed by atoms with Gasteiger partial charge in [-0.25, -0.2) is 4.68 Å². The molecule has 236 valence electrons. The summed E-state index contributed by atoms with van der Waals surface area (Å²) in [4.78, 5) is 0. The average Bonchev–Trinajstić information content (AvgIpc) is 3.29. The Kier molecular flexibility index (Phi) is 15.3. The molecule has 1 aliphatic heterocycles. The molecule has 1 N–H and O–H groups in total. The number of nitrogens with zero attached hydrogens (tertiary/aromatic N) is 1. The van der Waals surface area contributed by atoms with Crippen LogP contribution in [0.5, 0.6) is 0 Å². The Morgan fingerprint density at radius 1 is 0.512 bits per heavy atom. The molecule has 0 saturated heterocycles. The first-order valence-electron chi connectivity index (χ1n) is 18.1. The summed E-state index contributed by atoms with van der Waals surface area (Å²) in [6.07, 6.45) is 23.5. The van der Waals surface area contributed by atoms with Gasteiger partial charge in [-0.15, -0.1) is 0 Å². The molecule has 0 saturated carbocycles. The van der Waals surface area contributed by atoms with Crippen LogP contribution >= 0.6 is 0 Å². The Bertz CT molecular complexity index is 1190. The molecule has 0 spiro atoms. The van der Waals surface area contributed by atoms with Crippen LogP contribution in [0.25, 0.3) is 11.5 Å². The predicted octanol–water partition coefficient (Wildman–Crippen LogP) is 12.6. The highest BCUT2D eigenvalue weighted by Gasteiger charge is 2.35. The quantitative estimate of drug-likeness (QED) is 0.110. The van der Waals surface area contributed by atoms with Crippen molar-refractivity contribution in [2.24, 2.45) is 0 Å². The number of hydrogen-bond acceptors (Lipinski definition) is 0. The zero-order valence-corrected chi connectivity index (χ0v) is 28.7. The lowest BCUT2D eigenvalue weighted by Crippen LogP contribution is -2.13. The lowest BCUT2D eigenvalue weighted by Gasteiger charge is -2.13. The van der Waals surface area contributed by atoms with Crippen molar-refractivity contribution in [1.29, 1.82) is 0 Å². The van der Waals surface area contributed by atoms with Crippen LogP contribution in [0.15, 0.2) is 53.6 Å². The second-order valence-corrected chi connectivity index (χ2v) is 12.9. The van der Waals surface area contributed by atoms with Gasteiger partial charge in [0.05, 0.1) is 5.57 Å². The van der Waals surface area contributed by atoms with Crippen LogP contribution in [0.4, 0.5) is 0 Å². The van der Waals surface area contributed by atoms with Gasteiger partial charge >= 0.3 is 0 Å². The van der Waals surface area contributed by atoms with E-state index in [9.17, 15) is 5.84 Å². The van der Waals surface area contributed by atoms with E-state index in [0.29, 0.717) is 0 Å². The summed E-state index contributed by atoms with van der Waals surface area (Å²) in [6, 6.07) is 14.6. The fourth-order valence-corrected chi connectivity index (χ4v) is 6.40. The van der Waals surface area contributed by atoms with Crippen LogP contribution in [0.2, 0.25) is 0 Å².